The molecule has 0 bridgehead atoms. The van der Waals surface area contributed by atoms with Gasteiger partial charge in [-0.3, -0.25) is 14.4 Å². The molecule has 1 aromatic carbocycles. The van der Waals surface area contributed by atoms with Crippen molar-refractivity contribution in [2.75, 3.05) is 19.6 Å². The fourth-order valence-corrected chi connectivity index (χ4v) is 3.46. The van der Waals surface area contributed by atoms with E-state index in [1.54, 1.807) is 17.9 Å². The minimum Gasteiger partial charge on any atom is -0.337 e. The minimum absolute atomic E-state index is 0.0551. The first-order valence-corrected chi connectivity index (χ1v) is 9.61. The molecule has 1 fully saturated rings. The highest BCUT2D eigenvalue weighted by molar-refractivity contribution is 5.97. The predicted molar refractivity (Wildman–Crippen MR) is 106 cm³/mol. The van der Waals surface area contributed by atoms with Gasteiger partial charge in [0.25, 0.3) is 11.5 Å². The first-order valence-electron chi connectivity index (χ1n) is 9.61. The maximum atomic E-state index is 14.4. The van der Waals surface area contributed by atoms with Gasteiger partial charge in [0.1, 0.15) is 12.4 Å². The van der Waals surface area contributed by atoms with Crippen LogP contribution in [0.5, 0.6) is 0 Å². The van der Waals surface area contributed by atoms with Crippen molar-refractivity contribution in [3.8, 4) is 0 Å². The van der Waals surface area contributed by atoms with E-state index in [1.807, 2.05) is 20.8 Å². The quantitative estimate of drug-likeness (QED) is 0.848. The smallest absolute Gasteiger partial charge is 0.267 e. The van der Waals surface area contributed by atoms with Gasteiger partial charge >= 0.3 is 0 Å². The molecule has 2 amide bonds. The monoisotopic (exact) mass is 400 g/mol. The van der Waals surface area contributed by atoms with Crippen LogP contribution in [0.3, 0.4) is 0 Å². The van der Waals surface area contributed by atoms with Crippen LogP contribution in [0.25, 0.3) is 0 Å². The van der Waals surface area contributed by atoms with Crippen molar-refractivity contribution in [1.82, 2.24) is 20.0 Å². The number of benzene rings is 1. The normalized spacial score (nSPS) is 14.6. The van der Waals surface area contributed by atoms with Crippen molar-refractivity contribution in [3.05, 3.63) is 62.3 Å². The second-order valence-corrected chi connectivity index (χ2v) is 7.65. The first kappa shape index (κ1) is 20.7. The molecular weight excluding hydrogens is 375 g/mol. The van der Waals surface area contributed by atoms with Gasteiger partial charge in [0, 0.05) is 31.1 Å². The summed E-state index contributed by atoms with van der Waals surface area (Å²) in [5, 5.41) is 6.53. The summed E-state index contributed by atoms with van der Waals surface area (Å²) in [5.74, 6) is -1.26. The molecule has 7 nitrogen and oxygen atoms in total. The number of hydrogen-bond acceptors (Lipinski definition) is 4. The van der Waals surface area contributed by atoms with E-state index in [0.717, 1.165) is 5.56 Å². The lowest BCUT2D eigenvalue weighted by Crippen LogP contribution is -2.54. The Hall–Kier alpha value is -3.03. The van der Waals surface area contributed by atoms with Crippen molar-refractivity contribution >= 4 is 11.8 Å². The second kappa shape index (κ2) is 8.14. The molecule has 1 saturated heterocycles. The Morgan fingerprint density at radius 2 is 1.93 bits per heavy atom. The maximum absolute atomic E-state index is 14.4. The number of piperazine rings is 1. The molecule has 2 heterocycles. The number of nitrogens with one attached hydrogen (secondary N) is 1. The van der Waals surface area contributed by atoms with Crippen LogP contribution in [0.15, 0.2) is 23.0 Å². The Kier molecular flexibility index (Phi) is 5.81. The number of aromatic amines is 1. The third kappa shape index (κ3) is 4.21. The summed E-state index contributed by atoms with van der Waals surface area (Å²) in [7, 11) is 0. The summed E-state index contributed by atoms with van der Waals surface area (Å²) < 4.78 is 14.4. The average molecular weight is 400 g/mol. The molecule has 1 aliphatic heterocycles. The van der Waals surface area contributed by atoms with E-state index in [2.05, 4.69) is 10.2 Å². The lowest BCUT2D eigenvalue weighted by molar-refractivity contribution is -0.136. The highest BCUT2D eigenvalue weighted by atomic mass is 19.1. The lowest BCUT2D eigenvalue weighted by Gasteiger charge is -2.36. The summed E-state index contributed by atoms with van der Waals surface area (Å²) in [6.07, 6.45) is 0.351. The SMILES string of the molecule is Cc1c(Cc2ccc(F)c(C(=O)N3CCN(C(C)C)C(=O)C3)c2)n[nH]c(=O)c1C. The van der Waals surface area contributed by atoms with E-state index in [9.17, 15) is 18.8 Å². The second-order valence-electron chi connectivity index (χ2n) is 7.65. The zero-order chi connectivity index (χ0) is 21.3. The Morgan fingerprint density at radius 1 is 1.21 bits per heavy atom. The minimum atomic E-state index is -0.625. The molecule has 8 heteroatoms. The first-order chi connectivity index (χ1) is 13.7. The van der Waals surface area contributed by atoms with Crippen molar-refractivity contribution in [2.24, 2.45) is 0 Å². The van der Waals surface area contributed by atoms with Gasteiger partial charge in [-0.25, -0.2) is 9.49 Å². The topological polar surface area (TPSA) is 86.4 Å². The van der Waals surface area contributed by atoms with Crippen LogP contribution in [-0.4, -0.2) is 57.5 Å². The molecular formula is C21H25FN4O3. The van der Waals surface area contributed by atoms with Crippen LogP contribution in [-0.2, 0) is 11.2 Å². The molecule has 0 radical (unpaired) electrons. The van der Waals surface area contributed by atoms with Crippen LogP contribution in [0.4, 0.5) is 4.39 Å². The predicted octanol–water partition coefficient (Wildman–Crippen LogP) is 1.81. The molecule has 0 unspecified atom stereocenters. The van der Waals surface area contributed by atoms with Gasteiger partial charge in [0.15, 0.2) is 0 Å². The molecule has 0 saturated carbocycles. The van der Waals surface area contributed by atoms with E-state index < -0.39 is 11.7 Å². The van der Waals surface area contributed by atoms with Gasteiger partial charge in [0.05, 0.1) is 11.3 Å². The molecule has 0 spiro atoms. The number of aromatic nitrogens is 2. The highest BCUT2D eigenvalue weighted by Crippen LogP contribution is 2.19. The number of halogens is 1. The average Bonchev–Trinajstić information content (AvgIpc) is 2.69. The van der Waals surface area contributed by atoms with Crippen molar-refractivity contribution in [2.45, 2.75) is 40.2 Å². The van der Waals surface area contributed by atoms with E-state index in [0.29, 0.717) is 36.3 Å². The summed E-state index contributed by atoms with van der Waals surface area (Å²) in [5.41, 5.74) is 2.40. The molecule has 1 aliphatic rings. The summed E-state index contributed by atoms with van der Waals surface area (Å²) >= 11 is 0. The van der Waals surface area contributed by atoms with E-state index >= 15 is 0 Å². The Balaban J connectivity index is 1.83. The van der Waals surface area contributed by atoms with Crippen molar-refractivity contribution in [3.63, 3.8) is 0 Å². The largest absolute Gasteiger partial charge is 0.337 e. The van der Waals surface area contributed by atoms with Crippen molar-refractivity contribution < 1.29 is 14.0 Å². The number of rotatable bonds is 4. The summed E-state index contributed by atoms with van der Waals surface area (Å²) in [4.78, 5) is 39.9. The zero-order valence-corrected chi connectivity index (χ0v) is 17.1. The number of nitrogens with zero attached hydrogens (tertiary/aromatic N) is 3. The van der Waals surface area contributed by atoms with E-state index in [4.69, 9.17) is 0 Å². The lowest BCUT2D eigenvalue weighted by atomic mass is 10.0. The molecule has 0 aliphatic carbocycles. The fraction of sp³-hybridized carbons (Fsp3) is 0.429. The zero-order valence-electron chi connectivity index (χ0n) is 17.1. The number of carbonyl (C=O) groups excluding carboxylic acids is 2. The molecule has 3 rings (SSSR count). The number of H-pyrrole nitrogens is 1. The molecule has 0 atom stereocenters. The van der Waals surface area contributed by atoms with Crippen molar-refractivity contribution in [1.29, 1.82) is 0 Å². The molecule has 1 aromatic heterocycles. The fourth-order valence-electron chi connectivity index (χ4n) is 3.46. The van der Waals surface area contributed by atoms with E-state index in [1.165, 1.54) is 17.0 Å². The van der Waals surface area contributed by atoms with Crippen LogP contribution >= 0.6 is 0 Å². The third-order valence-corrected chi connectivity index (χ3v) is 5.43. The molecule has 154 valence electrons. The van der Waals surface area contributed by atoms with Crippen LogP contribution < -0.4 is 5.56 Å². The number of hydrogen-bond donors (Lipinski definition) is 1. The Bertz CT molecular complexity index is 1020. The standard InChI is InChI=1S/C21H25FN4O3/c1-12(2)26-8-7-25(11-19(26)27)21(29)16-9-15(5-6-17(16)22)10-18-13(3)14(4)20(28)24-23-18/h5-6,9,12H,7-8,10-11H2,1-4H3,(H,24,28). The van der Waals surface area contributed by atoms with Crippen LogP contribution in [0.2, 0.25) is 0 Å². The van der Waals surface area contributed by atoms with Gasteiger partial charge in [0.2, 0.25) is 5.91 Å². The van der Waals surface area contributed by atoms with Gasteiger partial charge in [-0.1, -0.05) is 6.07 Å². The molecule has 1 N–H and O–H groups in total. The van der Waals surface area contributed by atoms with Crippen LogP contribution in [0, 0.1) is 19.7 Å². The highest BCUT2D eigenvalue weighted by Gasteiger charge is 2.30. The van der Waals surface area contributed by atoms with Gasteiger partial charge < -0.3 is 9.80 Å². The summed E-state index contributed by atoms with van der Waals surface area (Å²) in [6, 6.07) is 4.41. The van der Waals surface area contributed by atoms with E-state index in [-0.39, 0.29) is 29.6 Å². The van der Waals surface area contributed by atoms with Gasteiger partial charge in [-0.15, -0.1) is 0 Å². The summed E-state index contributed by atoms with van der Waals surface area (Å²) in [6.45, 7) is 8.12. The Labute approximate surface area is 168 Å². The molecule has 2 aromatic rings. The van der Waals surface area contributed by atoms with Crippen LogP contribution in [0.1, 0.15) is 46.6 Å². The Morgan fingerprint density at radius 3 is 2.59 bits per heavy atom. The third-order valence-electron chi connectivity index (χ3n) is 5.43. The van der Waals surface area contributed by atoms with Gasteiger partial charge in [-0.2, -0.15) is 5.10 Å². The molecule has 29 heavy (non-hydrogen) atoms. The number of amides is 2. The maximum Gasteiger partial charge on any atom is 0.267 e. The van der Waals surface area contributed by atoms with Gasteiger partial charge in [-0.05, 0) is 51.0 Å². The number of carbonyl (C=O) groups is 2.